The molecule has 0 heterocycles. The van der Waals surface area contributed by atoms with Gasteiger partial charge in [-0.05, 0) is 48.9 Å². The summed E-state index contributed by atoms with van der Waals surface area (Å²) in [6.45, 7) is 2.01. The number of nitrogens with two attached hydrogens (primary N) is 1. The Bertz CT molecular complexity index is 1270. The highest BCUT2D eigenvalue weighted by molar-refractivity contribution is 7.99. The van der Waals surface area contributed by atoms with Crippen LogP contribution in [-0.4, -0.2) is 49.0 Å². The van der Waals surface area contributed by atoms with Crippen molar-refractivity contribution in [2.45, 2.75) is 36.7 Å². The van der Waals surface area contributed by atoms with Crippen LogP contribution in [0.25, 0.3) is 0 Å². The third-order valence-corrected chi connectivity index (χ3v) is 6.98. The molecule has 2 unspecified atom stereocenters. The van der Waals surface area contributed by atoms with Gasteiger partial charge in [-0.15, -0.1) is 11.8 Å². The van der Waals surface area contributed by atoms with E-state index in [1.54, 1.807) is 23.1 Å². The molecule has 3 aromatic rings. The molecule has 3 aromatic carbocycles. The van der Waals surface area contributed by atoms with Crippen molar-refractivity contribution in [1.29, 1.82) is 0 Å². The van der Waals surface area contributed by atoms with Crippen LogP contribution in [0, 0.1) is 6.92 Å². The summed E-state index contributed by atoms with van der Waals surface area (Å²) in [4.78, 5) is 40.5. The molecular formula is C29H33N3O6S. The average Bonchev–Trinajstić information content (AvgIpc) is 2.93. The van der Waals surface area contributed by atoms with Crippen LogP contribution in [0.4, 0.5) is 5.69 Å². The Labute approximate surface area is 232 Å². The fraction of sp³-hybridized carbons (Fsp3) is 0.276. The number of para-hydroxylation sites is 1. The number of carbonyl (C=O) groups is 3. The molecule has 0 fully saturated rings. The molecule has 10 heteroatoms. The van der Waals surface area contributed by atoms with Gasteiger partial charge >= 0.3 is 5.97 Å². The molecule has 2 atom stereocenters. The average molecular weight is 552 g/mol. The molecule has 3 rings (SSSR count). The maximum absolute atomic E-state index is 13.3. The standard InChI is InChI=1S/C29H33N3O6S/c1-19-9-12-22(13-10-19)39-18-32(21-7-5-4-6-8-21)27(33)16-23(30)29(36)31-24(17-28(34)35)20-11-14-25(37-2)26(15-20)38-3/h4-15,23-24H,16-18,30H2,1-3H3,(H,31,36)(H,34,35). The number of thioether (sulfide) groups is 1. The van der Waals surface area contributed by atoms with Gasteiger partial charge in [0.2, 0.25) is 11.8 Å². The van der Waals surface area contributed by atoms with E-state index in [2.05, 4.69) is 5.32 Å². The lowest BCUT2D eigenvalue weighted by Gasteiger charge is -2.25. The first-order chi connectivity index (χ1) is 18.7. The van der Waals surface area contributed by atoms with Crippen LogP contribution in [0.2, 0.25) is 0 Å². The van der Waals surface area contributed by atoms with Gasteiger partial charge in [0.05, 0.1) is 45.0 Å². The van der Waals surface area contributed by atoms with Crippen molar-refractivity contribution < 1.29 is 29.0 Å². The number of aliphatic carboxylic acids is 1. The number of methoxy groups -OCH3 is 2. The van der Waals surface area contributed by atoms with Crippen molar-refractivity contribution in [3.8, 4) is 11.5 Å². The molecule has 0 spiro atoms. The number of anilines is 1. The molecule has 0 aliphatic rings. The zero-order valence-corrected chi connectivity index (χ0v) is 22.9. The summed E-state index contributed by atoms with van der Waals surface area (Å²) < 4.78 is 10.5. The predicted molar refractivity (Wildman–Crippen MR) is 151 cm³/mol. The Hall–Kier alpha value is -4.02. The van der Waals surface area contributed by atoms with Gasteiger partial charge in [-0.2, -0.15) is 0 Å². The Morgan fingerprint density at radius 2 is 1.62 bits per heavy atom. The second kappa shape index (κ2) is 14.2. The topological polar surface area (TPSA) is 131 Å². The van der Waals surface area contributed by atoms with Crippen LogP contribution in [0.15, 0.2) is 77.7 Å². The number of nitrogens with zero attached hydrogens (tertiary/aromatic N) is 1. The second-order valence-electron chi connectivity index (χ2n) is 8.83. The van der Waals surface area contributed by atoms with E-state index in [1.807, 2.05) is 61.5 Å². The lowest BCUT2D eigenvalue weighted by molar-refractivity contribution is -0.138. The van der Waals surface area contributed by atoms with Gasteiger partial charge < -0.3 is 30.5 Å². The van der Waals surface area contributed by atoms with Crippen LogP contribution in [0.3, 0.4) is 0 Å². The lowest BCUT2D eigenvalue weighted by atomic mass is 10.0. The summed E-state index contributed by atoms with van der Waals surface area (Å²) in [5.41, 5.74) is 8.48. The Morgan fingerprint density at radius 3 is 2.23 bits per heavy atom. The summed E-state index contributed by atoms with van der Waals surface area (Å²) >= 11 is 1.49. The highest BCUT2D eigenvalue weighted by Crippen LogP contribution is 2.31. The van der Waals surface area contributed by atoms with Crippen molar-refractivity contribution >= 4 is 35.2 Å². The number of rotatable bonds is 13. The largest absolute Gasteiger partial charge is 0.493 e. The normalized spacial score (nSPS) is 12.2. The molecule has 9 nitrogen and oxygen atoms in total. The minimum atomic E-state index is -1.19. The zero-order chi connectivity index (χ0) is 28.4. The van der Waals surface area contributed by atoms with Crippen LogP contribution in [0.1, 0.15) is 30.0 Å². The number of ether oxygens (including phenoxy) is 2. The van der Waals surface area contributed by atoms with E-state index < -0.39 is 24.0 Å². The van der Waals surface area contributed by atoms with Gasteiger partial charge in [0.1, 0.15) is 0 Å². The fourth-order valence-electron chi connectivity index (χ4n) is 3.84. The molecule has 4 N–H and O–H groups in total. The maximum atomic E-state index is 13.3. The van der Waals surface area contributed by atoms with E-state index in [0.717, 1.165) is 10.5 Å². The van der Waals surface area contributed by atoms with E-state index in [9.17, 15) is 19.5 Å². The van der Waals surface area contributed by atoms with E-state index in [-0.39, 0.29) is 18.7 Å². The van der Waals surface area contributed by atoms with E-state index >= 15 is 0 Å². The number of hydrogen-bond acceptors (Lipinski definition) is 7. The van der Waals surface area contributed by atoms with Crippen molar-refractivity contribution in [2.75, 3.05) is 25.0 Å². The van der Waals surface area contributed by atoms with E-state index in [1.165, 1.54) is 26.0 Å². The van der Waals surface area contributed by atoms with E-state index in [0.29, 0.717) is 28.6 Å². The molecule has 0 aliphatic carbocycles. The van der Waals surface area contributed by atoms with Gasteiger partial charge in [0.15, 0.2) is 11.5 Å². The number of carbonyl (C=O) groups excluding carboxylic acids is 2. The number of aryl methyl sites for hydroxylation is 1. The summed E-state index contributed by atoms with van der Waals surface area (Å²) in [5.74, 6) is -0.888. The molecule has 0 bridgehead atoms. The first kappa shape index (κ1) is 29.5. The minimum Gasteiger partial charge on any atom is -0.493 e. The second-order valence-corrected chi connectivity index (χ2v) is 9.85. The lowest BCUT2D eigenvalue weighted by Crippen LogP contribution is -2.46. The molecule has 2 amide bonds. The number of nitrogens with one attached hydrogen (secondary N) is 1. The van der Waals surface area contributed by atoms with Crippen molar-refractivity contribution in [1.82, 2.24) is 5.32 Å². The molecule has 0 aromatic heterocycles. The monoisotopic (exact) mass is 551 g/mol. The molecule has 0 saturated carbocycles. The first-order valence-corrected chi connectivity index (χ1v) is 13.2. The minimum absolute atomic E-state index is 0.263. The number of benzene rings is 3. The number of amides is 2. The van der Waals surface area contributed by atoms with Crippen molar-refractivity contribution in [2.24, 2.45) is 5.73 Å². The SMILES string of the molecule is COc1ccc(C(CC(=O)O)NC(=O)C(N)CC(=O)N(CSc2ccc(C)cc2)c2ccccc2)cc1OC. The maximum Gasteiger partial charge on any atom is 0.305 e. The molecule has 0 radical (unpaired) electrons. The van der Waals surface area contributed by atoms with Gasteiger partial charge in [-0.3, -0.25) is 14.4 Å². The highest BCUT2D eigenvalue weighted by Gasteiger charge is 2.26. The van der Waals surface area contributed by atoms with Crippen LogP contribution in [0.5, 0.6) is 11.5 Å². The molecule has 39 heavy (non-hydrogen) atoms. The summed E-state index contributed by atoms with van der Waals surface area (Å²) in [6, 6.07) is 19.9. The van der Waals surface area contributed by atoms with E-state index in [4.69, 9.17) is 15.2 Å². The fourth-order valence-corrected chi connectivity index (χ4v) is 4.74. The molecule has 0 saturated heterocycles. The summed E-state index contributed by atoms with van der Waals surface area (Å²) in [7, 11) is 2.95. The quantitative estimate of drug-likeness (QED) is 0.213. The number of carboxylic acid groups (broad SMARTS) is 1. The van der Waals surface area contributed by atoms with Gasteiger partial charge in [0.25, 0.3) is 0 Å². The number of hydrogen-bond donors (Lipinski definition) is 3. The third kappa shape index (κ3) is 8.49. The highest BCUT2D eigenvalue weighted by atomic mass is 32.2. The molecule has 0 aliphatic heterocycles. The summed E-state index contributed by atoms with van der Waals surface area (Å²) in [6.07, 6.45) is -0.647. The van der Waals surface area contributed by atoms with Crippen molar-refractivity contribution in [3.05, 3.63) is 83.9 Å². The first-order valence-electron chi connectivity index (χ1n) is 12.3. The Kier molecular flexibility index (Phi) is 10.8. The predicted octanol–water partition coefficient (Wildman–Crippen LogP) is 4.14. The Balaban J connectivity index is 1.73. The Morgan fingerprint density at radius 1 is 0.949 bits per heavy atom. The van der Waals surface area contributed by atoms with Gasteiger partial charge in [-0.1, -0.05) is 42.0 Å². The van der Waals surface area contributed by atoms with Gasteiger partial charge in [-0.25, -0.2) is 0 Å². The smallest absolute Gasteiger partial charge is 0.305 e. The third-order valence-electron chi connectivity index (χ3n) is 5.99. The van der Waals surface area contributed by atoms with Crippen LogP contribution >= 0.6 is 11.8 Å². The number of carboxylic acids is 1. The molecular weight excluding hydrogens is 518 g/mol. The summed E-state index contributed by atoms with van der Waals surface area (Å²) in [5, 5.41) is 12.1. The zero-order valence-electron chi connectivity index (χ0n) is 22.1. The van der Waals surface area contributed by atoms with Crippen LogP contribution < -0.4 is 25.4 Å². The van der Waals surface area contributed by atoms with Crippen LogP contribution in [-0.2, 0) is 14.4 Å². The van der Waals surface area contributed by atoms with Gasteiger partial charge in [0, 0.05) is 10.6 Å². The van der Waals surface area contributed by atoms with Crippen molar-refractivity contribution in [3.63, 3.8) is 0 Å². The molecule has 206 valence electrons.